The number of nitrogens with zero attached hydrogens (tertiary/aromatic N) is 1. The second-order valence-corrected chi connectivity index (χ2v) is 4.92. The van der Waals surface area contributed by atoms with Gasteiger partial charge in [-0.25, -0.2) is 0 Å². The number of hydrogen-bond donors (Lipinski definition) is 0. The molecule has 3 nitrogen and oxygen atoms in total. The molecule has 0 saturated heterocycles. The summed E-state index contributed by atoms with van der Waals surface area (Å²) < 4.78 is 11.0. The van der Waals surface area contributed by atoms with Crippen LogP contribution in [-0.4, -0.2) is 7.11 Å². The summed E-state index contributed by atoms with van der Waals surface area (Å²) >= 11 is 5.94. The number of nitriles is 1. The zero-order valence-electron chi connectivity index (χ0n) is 12.0. The maximum absolute atomic E-state index is 8.87. The molecule has 0 N–H and O–H groups in total. The first kappa shape index (κ1) is 15.2. The molecule has 4 heteroatoms. The molecule has 2 rings (SSSR count). The van der Waals surface area contributed by atoms with E-state index in [2.05, 4.69) is 6.07 Å². The van der Waals surface area contributed by atoms with Crippen LogP contribution in [-0.2, 0) is 12.5 Å². The lowest BCUT2D eigenvalue weighted by Gasteiger charge is -2.13. The van der Waals surface area contributed by atoms with Crippen molar-refractivity contribution in [1.29, 1.82) is 5.26 Å². The lowest BCUT2D eigenvalue weighted by Crippen LogP contribution is -2.00. The molecule has 0 aliphatic rings. The fourth-order valence-electron chi connectivity index (χ4n) is 2.01. The first-order valence-corrected chi connectivity index (χ1v) is 7.06. The molecule has 0 bridgehead atoms. The Kier molecular flexibility index (Phi) is 5.08. The van der Waals surface area contributed by atoms with E-state index >= 15 is 0 Å². The van der Waals surface area contributed by atoms with Gasteiger partial charge in [-0.2, -0.15) is 5.26 Å². The normalized spacial score (nSPS) is 10.0. The Bertz CT molecular complexity index is 677. The van der Waals surface area contributed by atoms with Crippen LogP contribution in [0.5, 0.6) is 11.5 Å². The highest BCUT2D eigenvalue weighted by Crippen LogP contribution is 2.26. The first-order valence-electron chi connectivity index (χ1n) is 6.53. The third-order valence-corrected chi connectivity index (χ3v) is 3.55. The van der Waals surface area contributed by atoms with Gasteiger partial charge in [0.15, 0.2) is 0 Å². The Labute approximate surface area is 129 Å². The summed E-state index contributed by atoms with van der Waals surface area (Å²) in [6.07, 6.45) is 0. The van der Waals surface area contributed by atoms with E-state index in [1.807, 2.05) is 37.3 Å². The van der Waals surface area contributed by atoms with E-state index in [9.17, 15) is 0 Å². The van der Waals surface area contributed by atoms with Crippen LogP contribution in [0, 0.1) is 18.3 Å². The van der Waals surface area contributed by atoms with Crippen LogP contribution in [0.25, 0.3) is 0 Å². The maximum atomic E-state index is 8.87. The minimum atomic E-state index is 0.360. The molecule has 0 saturated carbocycles. The smallest absolute Gasteiger partial charge is 0.124 e. The van der Waals surface area contributed by atoms with Crippen LogP contribution >= 0.6 is 11.6 Å². The monoisotopic (exact) mass is 301 g/mol. The van der Waals surface area contributed by atoms with Crippen LogP contribution in [0.4, 0.5) is 0 Å². The standard InChI is InChI=1S/C17H16ClNO2/c1-12-7-13(10-19)3-4-14(12)11-21-17-6-5-16(20-2)8-15(17)9-18/h3-8H,9,11H2,1-2H3. The van der Waals surface area contributed by atoms with Crippen molar-refractivity contribution < 1.29 is 9.47 Å². The molecule has 0 atom stereocenters. The van der Waals surface area contributed by atoms with Gasteiger partial charge in [0.1, 0.15) is 18.1 Å². The Balaban J connectivity index is 2.15. The van der Waals surface area contributed by atoms with Crippen LogP contribution in [0.2, 0.25) is 0 Å². The molecule has 0 heterocycles. The van der Waals surface area contributed by atoms with Gasteiger partial charge in [0, 0.05) is 5.56 Å². The van der Waals surface area contributed by atoms with E-state index in [1.54, 1.807) is 13.2 Å². The van der Waals surface area contributed by atoms with Crippen molar-refractivity contribution in [3.05, 3.63) is 58.7 Å². The van der Waals surface area contributed by atoms with E-state index in [1.165, 1.54) is 0 Å². The molecule has 0 aliphatic carbocycles. The van der Waals surface area contributed by atoms with Crippen LogP contribution < -0.4 is 9.47 Å². The van der Waals surface area contributed by atoms with Crippen molar-refractivity contribution in [2.24, 2.45) is 0 Å². The van der Waals surface area contributed by atoms with E-state index < -0.39 is 0 Å². The van der Waals surface area contributed by atoms with Gasteiger partial charge in [-0.1, -0.05) is 6.07 Å². The third kappa shape index (κ3) is 3.68. The van der Waals surface area contributed by atoms with Gasteiger partial charge in [-0.3, -0.25) is 0 Å². The maximum Gasteiger partial charge on any atom is 0.124 e. The highest BCUT2D eigenvalue weighted by Gasteiger charge is 2.07. The predicted molar refractivity (Wildman–Crippen MR) is 82.8 cm³/mol. The third-order valence-electron chi connectivity index (χ3n) is 3.27. The summed E-state index contributed by atoms with van der Waals surface area (Å²) in [6, 6.07) is 13.3. The van der Waals surface area contributed by atoms with Crippen LogP contribution in [0.3, 0.4) is 0 Å². The van der Waals surface area contributed by atoms with Crippen LogP contribution in [0.15, 0.2) is 36.4 Å². The van der Waals surface area contributed by atoms with Gasteiger partial charge in [0.2, 0.25) is 0 Å². The van der Waals surface area contributed by atoms with Crippen molar-refractivity contribution in [2.75, 3.05) is 7.11 Å². The molecule has 0 fully saturated rings. The molecule has 2 aromatic rings. The molecule has 0 unspecified atom stereocenters. The molecule has 0 amide bonds. The van der Waals surface area contributed by atoms with E-state index in [-0.39, 0.29) is 0 Å². The molecule has 2 aromatic carbocycles. The second-order valence-electron chi connectivity index (χ2n) is 4.65. The number of ether oxygens (including phenoxy) is 2. The minimum Gasteiger partial charge on any atom is -0.497 e. The largest absolute Gasteiger partial charge is 0.497 e. The number of alkyl halides is 1. The number of rotatable bonds is 5. The molecular weight excluding hydrogens is 286 g/mol. The van der Waals surface area contributed by atoms with Gasteiger partial charge in [-0.05, 0) is 48.4 Å². The van der Waals surface area contributed by atoms with Crippen molar-refractivity contribution in [3.63, 3.8) is 0 Å². The Morgan fingerprint density at radius 1 is 1.14 bits per heavy atom. The van der Waals surface area contributed by atoms with Gasteiger partial charge >= 0.3 is 0 Å². The molecule has 0 aliphatic heterocycles. The molecule has 0 spiro atoms. The molecular formula is C17H16ClNO2. The Hall–Kier alpha value is -2.18. The zero-order chi connectivity index (χ0) is 15.2. The highest BCUT2D eigenvalue weighted by atomic mass is 35.5. The predicted octanol–water partition coefficient (Wildman–Crippen LogP) is 4.19. The van der Waals surface area contributed by atoms with Crippen molar-refractivity contribution in [2.45, 2.75) is 19.4 Å². The number of benzene rings is 2. The van der Waals surface area contributed by atoms with Gasteiger partial charge in [0.25, 0.3) is 0 Å². The molecule has 21 heavy (non-hydrogen) atoms. The topological polar surface area (TPSA) is 42.2 Å². The summed E-state index contributed by atoms with van der Waals surface area (Å²) in [7, 11) is 1.62. The van der Waals surface area contributed by atoms with Gasteiger partial charge < -0.3 is 9.47 Å². The average molecular weight is 302 g/mol. The summed E-state index contributed by atoms with van der Waals surface area (Å²) in [5.74, 6) is 1.86. The molecule has 108 valence electrons. The Morgan fingerprint density at radius 2 is 1.95 bits per heavy atom. The number of halogens is 1. The minimum absolute atomic E-state index is 0.360. The zero-order valence-corrected chi connectivity index (χ0v) is 12.8. The van der Waals surface area contributed by atoms with Gasteiger partial charge in [-0.15, -0.1) is 11.6 Å². The van der Waals surface area contributed by atoms with Crippen LogP contribution in [0.1, 0.15) is 22.3 Å². The fraction of sp³-hybridized carbons (Fsp3) is 0.235. The van der Waals surface area contributed by atoms with Crippen molar-refractivity contribution >= 4 is 11.6 Å². The van der Waals surface area contributed by atoms with E-state index in [0.717, 1.165) is 28.2 Å². The highest BCUT2D eigenvalue weighted by molar-refractivity contribution is 6.17. The summed E-state index contributed by atoms with van der Waals surface area (Å²) in [6.45, 7) is 2.41. The average Bonchev–Trinajstić information content (AvgIpc) is 2.53. The van der Waals surface area contributed by atoms with Crippen molar-refractivity contribution in [3.8, 4) is 17.6 Å². The van der Waals surface area contributed by atoms with Gasteiger partial charge in [0.05, 0.1) is 24.6 Å². The SMILES string of the molecule is COc1ccc(OCc2ccc(C#N)cc2C)c(CCl)c1. The summed E-state index contributed by atoms with van der Waals surface area (Å²) in [5, 5.41) is 8.87. The number of hydrogen-bond acceptors (Lipinski definition) is 3. The molecule has 0 aromatic heterocycles. The lowest BCUT2D eigenvalue weighted by atomic mass is 10.1. The molecule has 0 radical (unpaired) electrons. The van der Waals surface area contributed by atoms with Crippen molar-refractivity contribution in [1.82, 2.24) is 0 Å². The van der Waals surface area contributed by atoms with E-state index in [4.69, 9.17) is 26.3 Å². The van der Waals surface area contributed by atoms with E-state index in [0.29, 0.717) is 18.1 Å². The number of methoxy groups -OCH3 is 1. The first-order chi connectivity index (χ1) is 10.2. The Morgan fingerprint density at radius 3 is 2.57 bits per heavy atom. The summed E-state index contributed by atoms with van der Waals surface area (Å²) in [5.41, 5.74) is 3.63. The second kappa shape index (κ2) is 7.01. The number of aryl methyl sites for hydroxylation is 1. The fourth-order valence-corrected chi connectivity index (χ4v) is 2.22. The summed E-state index contributed by atoms with van der Waals surface area (Å²) in [4.78, 5) is 0. The quantitative estimate of drug-likeness (QED) is 0.778. The lowest BCUT2D eigenvalue weighted by molar-refractivity contribution is 0.302.